The van der Waals surface area contributed by atoms with Crippen LogP contribution in [0.3, 0.4) is 0 Å². The van der Waals surface area contributed by atoms with Gasteiger partial charge in [0, 0.05) is 0 Å². The third-order valence-corrected chi connectivity index (χ3v) is 3.35. The maximum atomic E-state index is 10.6. The Morgan fingerprint density at radius 3 is 2.89 bits per heavy atom. The van der Waals surface area contributed by atoms with Crippen molar-refractivity contribution in [2.24, 2.45) is 0 Å². The van der Waals surface area contributed by atoms with Crippen molar-refractivity contribution in [2.45, 2.75) is 17.5 Å². The molecule has 1 amide bonds. The monoisotopic (exact) mass is 163 g/mol. The van der Waals surface area contributed by atoms with Gasteiger partial charge in [-0.15, -0.1) is 24.4 Å². The van der Waals surface area contributed by atoms with Gasteiger partial charge in [0.2, 0.25) is 5.91 Å². The fraction of sp³-hybridized carbons (Fsp3) is 0.800. The van der Waals surface area contributed by atoms with Gasteiger partial charge in [-0.25, -0.2) is 0 Å². The fourth-order valence-corrected chi connectivity index (χ4v) is 1.82. The van der Waals surface area contributed by atoms with Gasteiger partial charge in [-0.2, -0.15) is 0 Å². The van der Waals surface area contributed by atoms with Crippen LogP contribution in [0.4, 0.5) is 0 Å². The first-order valence-electron chi connectivity index (χ1n) is 2.83. The second-order valence-electron chi connectivity index (χ2n) is 1.97. The fourth-order valence-electron chi connectivity index (χ4n) is 0.665. The summed E-state index contributed by atoms with van der Waals surface area (Å²) in [4.78, 5) is 10.6. The van der Waals surface area contributed by atoms with E-state index in [9.17, 15) is 4.79 Å². The Morgan fingerprint density at radius 2 is 2.67 bits per heavy atom. The van der Waals surface area contributed by atoms with Crippen LogP contribution in [0, 0.1) is 0 Å². The summed E-state index contributed by atoms with van der Waals surface area (Å²) in [6, 6.07) is 0. The lowest BCUT2D eigenvalue weighted by molar-refractivity contribution is -0.118. The number of thiol groups is 1. The maximum absolute atomic E-state index is 10.6. The topological polar surface area (TPSA) is 29.1 Å². The van der Waals surface area contributed by atoms with E-state index in [1.54, 1.807) is 11.8 Å². The summed E-state index contributed by atoms with van der Waals surface area (Å²) in [6.07, 6.45) is 0.868. The molecule has 1 aliphatic rings. The molecule has 0 spiro atoms. The highest BCUT2D eigenvalue weighted by atomic mass is 32.2. The number of carbonyl (C=O) groups is 1. The smallest absolute Gasteiger partial charge is 0.231 e. The van der Waals surface area contributed by atoms with Crippen molar-refractivity contribution < 1.29 is 4.79 Å². The summed E-state index contributed by atoms with van der Waals surface area (Å²) >= 11 is 5.83. The predicted molar refractivity (Wildman–Crippen MR) is 42.6 cm³/mol. The highest BCUT2D eigenvalue weighted by molar-refractivity contribution is 8.12. The lowest BCUT2D eigenvalue weighted by Gasteiger charge is -2.18. The first kappa shape index (κ1) is 7.28. The summed E-state index contributed by atoms with van der Waals surface area (Å²) in [5.74, 6) is 0.647. The van der Waals surface area contributed by atoms with E-state index in [-0.39, 0.29) is 10.1 Å². The Balaban J connectivity index is 2.54. The van der Waals surface area contributed by atoms with E-state index in [4.69, 9.17) is 0 Å². The van der Waals surface area contributed by atoms with E-state index in [1.165, 1.54) is 0 Å². The van der Waals surface area contributed by atoms with E-state index in [0.717, 1.165) is 6.42 Å². The van der Waals surface area contributed by atoms with E-state index >= 15 is 0 Å². The predicted octanol–water partition coefficient (Wildman–Crippen LogP) is 0.843. The molecular weight excluding hydrogens is 154 g/mol. The van der Waals surface area contributed by atoms with Gasteiger partial charge >= 0.3 is 0 Å². The van der Waals surface area contributed by atoms with Crippen LogP contribution in [0.2, 0.25) is 0 Å². The minimum atomic E-state index is -0.281. The van der Waals surface area contributed by atoms with E-state index in [1.807, 2.05) is 6.92 Å². The lowest BCUT2D eigenvalue weighted by Crippen LogP contribution is -2.33. The van der Waals surface area contributed by atoms with Crippen molar-refractivity contribution in [3.63, 3.8) is 0 Å². The standard InChI is InChI=1S/C5H9NOS2/c1-2-5(8)6-4(7)3-9-5/h8H,2-3H2,1H3,(H,6,7). The first-order valence-corrected chi connectivity index (χ1v) is 4.27. The molecule has 4 heteroatoms. The number of rotatable bonds is 1. The lowest BCUT2D eigenvalue weighted by atomic mass is 10.4. The third kappa shape index (κ3) is 1.55. The molecule has 1 aliphatic heterocycles. The highest BCUT2D eigenvalue weighted by Crippen LogP contribution is 2.33. The molecule has 0 aliphatic carbocycles. The zero-order chi connectivity index (χ0) is 6.91. The normalized spacial score (nSPS) is 34.7. The van der Waals surface area contributed by atoms with Gasteiger partial charge in [-0.05, 0) is 6.42 Å². The molecule has 1 N–H and O–H groups in total. The van der Waals surface area contributed by atoms with Crippen LogP contribution in [-0.4, -0.2) is 15.9 Å². The van der Waals surface area contributed by atoms with Crippen LogP contribution >= 0.6 is 24.4 Å². The van der Waals surface area contributed by atoms with Crippen LogP contribution in [-0.2, 0) is 4.79 Å². The van der Waals surface area contributed by atoms with Crippen LogP contribution in [0.15, 0.2) is 0 Å². The molecule has 1 heterocycles. The zero-order valence-electron chi connectivity index (χ0n) is 5.18. The SMILES string of the molecule is CCC1(S)NC(=O)CS1. The van der Waals surface area contributed by atoms with Crippen molar-refractivity contribution in [2.75, 3.05) is 5.75 Å². The molecule has 1 rings (SSSR count). The molecule has 9 heavy (non-hydrogen) atoms. The molecule has 52 valence electrons. The van der Waals surface area contributed by atoms with Crippen LogP contribution in [0.5, 0.6) is 0 Å². The summed E-state index contributed by atoms with van der Waals surface area (Å²) in [7, 11) is 0. The van der Waals surface area contributed by atoms with Gasteiger partial charge in [0.15, 0.2) is 0 Å². The molecule has 0 saturated carbocycles. The highest BCUT2D eigenvalue weighted by Gasteiger charge is 2.32. The average molecular weight is 163 g/mol. The average Bonchev–Trinajstić information content (AvgIpc) is 2.13. The van der Waals surface area contributed by atoms with E-state index < -0.39 is 0 Å². The minimum absolute atomic E-state index is 0.0943. The van der Waals surface area contributed by atoms with E-state index in [2.05, 4.69) is 17.9 Å². The molecule has 1 saturated heterocycles. The Labute approximate surface area is 64.2 Å². The van der Waals surface area contributed by atoms with Crippen molar-refractivity contribution >= 4 is 30.3 Å². The van der Waals surface area contributed by atoms with Gasteiger partial charge < -0.3 is 5.32 Å². The Kier molecular flexibility index (Phi) is 1.96. The maximum Gasteiger partial charge on any atom is 0.231 e. The minimum Gasteiger partial charge on any atom is -0.332 e. The molecule has 2 nitrogen and oxygen atoms in total. The molecule has 0 bridgehead atoms. The second-order valence-corrected chi connectivity index (χ2v) is 4.32. The summed E-state index contributed by atoms with van der Waals surface area (Å²) in [6.45, 7) is 2.01. The Bertz CT molecular complexity index is 139. The van der Waals surface area contributed by atoms with Crippen molar-refractivity contribution in [3.8, 4) is 0 Å². The molecule has 1 fully saturated rings. The second kappa shape index (κ2) is 2.42. The quantitative estimate of drug-likeness (QED) is 0.561. The van der Waals surface area contributed by atoms with E-state index in [0.29, 0.717) is 5.75 Å². The van der Waals surface area contributed by atoms with Gasteiger partial charge in [0.05, 0.1) is 5.75 Å². The molecule has 0 radical (unpaired) electrons. The molecule has 0 aromatic heterocycles. The van der Waals surface area contributed by atoms with Crippen molar-refractivity contribution in [1.29, 1.82) is 0 Å². The molecule has 1 unspecified atom stereocenters. The Hall–Kier alpha value is 0.170. The third-order valence-electron chi connectivity index (χ3n) is 1.26. The molecule has 0 aromatic rings. The Morgan fingerprint density at radius 1 is 2.00 bits per heavy atom. The summed E-state index contributed by atoms with van der Waals surface area (Å²) in [5.41, 5.74) is 0. The largest absolute Gasteiger partial charge is 0.332 e. The van der Waals surface area contributed by atoms with Crippen molar-refractivity contribution in [3.05, 3.63) is 0 Å². The molecule has 0 aromatic carbocycles. The van der Waals surface area contributed by atoms with Gasteiger partial charge in [0.25, 0.3) is 0 Å². The number of amides is 1. The number of thioether (sulfide) groups is 1. The number of carbonyl (C=O) groups excluding carboxylic acids is 1. The number of hydrogen-bond donors (Lipinski definition) is 2. The van der Waals surface area contributed by atoms with Crippen LogP contribution in [0.1, 0.15) is 13.3 Å². The zero-order valence-corrected chi connectivity index (χ0v) is 6.89. The molecular formula is C5H9NOS2. The van der Waals surface area contributed by atoms with Gasteiger partial charge in [0.1, 0.15) is 4.20 Å². The summed E-state index contributed by atoms with van der Waals surface area (Å²) < 4.78 is -0.281. The number of nitrogens with one attached hydrogen (secondary N) is 1. The summed E-state index contributed by atoms with van der Waals surface area (Å²) in [5, 5.41) is 2.77. The number of hydrogen-bond acceptors (Lipinski definition) is 3. The van der Waals surface area contributed by atoms with Crippen molar-refractivity contribution in [1.82, 2.24) is 5.32 Å². The first-order chi connectivity index (χ1) is 4.16. The van der Waals surface area contributed by atoms with Gasteiger partial charge in [-0.1, -0.05) is 6.92 Å². The molecule has 1 atom stereocenters. The van der Waals surface area contributed by atoms with Crippen LogP contribution < -0.4 is 5.32 Å². The van der Waals surface area contributed by atoms with Crippen LogP contribution in [0.25, 0.3) is 0 Å². The van der Waals surface area contributed by atoms with Gasteiger partial charge in [-0.3, -0.25) is 4.79 Å².